The molecule has 0 aliphatic rings. The molecule has 1 radical (unpaired) electrons. The van der Waals surface area contributed by atoms with Crippen LogP contribution in [-0.4, -0.2) is 0 Å². The molecule has 0 aliphatic heterocycles. The van der Waals surface area contributed by atoms with Crippen LogP contribution in [0.15, 0.2) is 18.2 Å². The summed E-state index contributed by atoms with van der Waals surface area (Å²) in [6.45, 7) is 20.5. The average Bonchev–Trinajstić information content (AvgIpc) is 1.98. The molecule has 0 unspecified atom stereocenters. The van der Waals surface area contributed by atoms with E-state index in [0.717, 1.165) is 6.42 Å². The summed E-state index contributed by atoms with van der Waals surface area (Å²) in [5.41, 5.74) is 0.835. The van der Waals surface area contributed by atoms with Crippen LogP contribution in [0.4, 0.5) is 0 Å². The molecule has 16 heavy (non-hydrogen) atoms. The van der Waals surface area contributed by atoms with Gasteiger partial charge in [0.2, 0.25) is 0 Å². The monoisotopic (exact) mass is 298 g/mol. The fourth-order valence-electron chi connectivity index (χ4n) is 0.825. The maximum absolute atomic E-state index is 5.19. The first-order valence-corrected chi connectivity index (χ1v) is 5.77. The third-order valence-electron chi connectivity index (χ3n) is 1.70. The smallest absolute Gasteiger partial charge is 0 e. The normalized spacial score (nSPS) is 11.4. The Labute approximate surface area is 129 Å². The Kier molecular flexibility index (Phi) is 14.6. The zero-order valence-electron chi connectivity index (χ0n) is 12.3. The van der Waals surface area contributed by atoms with Gasteiger partial charge in [-0.3, -0.25) is 6.08 Å². The van der Waals surface area contributed by atoms with Gasteiger partial charge in [0, 0.05) is 32.7 Å². The van der Waals surface area contributed by atoms with Crippen molar-refractivity contribution in [2.75, 3.05) is 0 Å². The minimum absolute atomic E-state index is 0. The van der Waals surface area contributed by atoms with Crippen LogP contribution in [0.1, 0.15) is 61.3 Å². The Morgan fingerprint density at radius 2 is 1.25 bits per heavy atom. The van der Waals surface area contributed by atoms with Gasteiger partial charge < -0.3 is 6.58 Å². The van der Waals surface area contributed by atoms with E-state index in [-0.39, 0.29) is 32.7 Å². The zero-order chi connectivity index (χ0) is 12.5. The van der Waals surface area contributed by atoms with Gasteiger partial charge in [0.05, 0.1) is 0 Å². The van der Waals surface area contributed by atoms with Crippen LogP contribution in [0.5, 0.6) is 0 Å². The van der Waals surface area contributed by atoms with Gasteiger partial charge in [-0.2, -0.15) is 0 Å². The van der Waals surface area contributed by atoms with E-state index in [4.69, 9.17) is 6.58 Å². The summed E-state index contributed by atoms with van der Waals surface area (Å²) >= 11 is 0. The average molecular weight is 298 g/mol. The summed E-state index contributed by atoms with van der Waals surface area (Å²) in [6, 6.07) is 0. The molecule has 0 saturated heterocycles. The third kappa shape index (κ3) is 29.3. The van der Waals surface area contributed by atoms with Gasteiger partial charge in [-0.25, -0.2) is 0 Å². The number of rotatable bonds is 2. The summed E-state index contributed by atoms with van der Waals surface area (Å²) in [7, 11) is 0. The summed E-state index contributed by atoms with van der Waals surface area (Å²) in [6.07, 6.45) is 8.20. The maximum Gasteiger partial charge on any atom is 0 e. The van der Waals surface area contributed by atoms with Gasteiger partial charge in [-0.15, -0.1) is 0 Å². The summed E-state index contributed by atoms with van der Waals surface area (Å²) in [5, 5.41) is 0. The van der Waals surface area contributed by atoms with Crippen molar-refractivity contribution in [2.24, 2.45) is 10.8 Å². The van der Waals surface area contributed by atoms with Gasteiger partial charge in [-0.1, -0.05) is 60.1 Å². The number of allylic oxidation sites excluding steroid dienone is 3. The second-order valence-corrected chi connectivity index (χ2v) is 6.33. The van der Waals surface area contributed by atoms with E-state index in [1.807, 2.05) is 0 Å². The second-order valence-electron chi connectivity index (χ2n) is 6.33. The second kappa shape index (κ2) is 10.7. The van der Waals surface area contributed by atoms with Gasteiger partial charge in [0.25, 0.3) is 0 Å². The largest absolute Gasteiger partial charge is 0.518 e. The minimum Gasteiger partial charge on any atom is -0.518 e. The quantitative estimate of drug-likeness (QED) is 0.472. The van der Waals surface area contributed by atoms with E-state index >= 15 is 0 Å². The molecule has 0 aliphatic carbocycles. The van der Waals surface area contributed by atoms with Crippen LogP contribution in [0.3, 0.4) is 0 Å². The Balaban J connectivity index is -0.000000200. The summed E-state index contributed by atoms with van der Waals surface area (Å²) < 4.78 is 0. The molecule has 0 saturated carbocycles. The van der Waals surface area contributed by atoms with E-state index in [0.29, 0.717) is 10.8 Å². The van der Waals surface area contributed by atoms with Crippen LogP contribution < -0.4 is 0 Å². The molecule has 0 fully saturated rings. The van der Waals surface area contributed by atoms with E-state index in [9.17, 15) is 0 Å². The SMILES string of the molecule is C/C=C\CC(C)(C)C.[CH-]=CCC(C)(C)C.[Y]. The molecule has 0 N–H and O–H groups in total. The molecule has 0 nitrogen and oxygen atoms in total. The molecular weight excluding hydrogens is 269 g/mol. The molecule has 0 aromatic heterocycles. The predicted molar refractivity (Wildman–Crippen MR) is 71.8 cm³/mol. The van der Waals surface area contributed by atoms with Crippen LogP contribution >= 0.6 is 0 Å². The van der Waals surface area contributed by atoms with E-state index in [1.165, 1.54) is 6.42 Å². The fraction of sp³-hybridized carbons (Fsp3) is 0.733. The van der Waals surface area contributed by atoms with Gasteiger partial charge >= 0.3 is 0 Å². The van der Waals surface area contributed by atoms with Crippen LogP contribution in [0.25, 0.3) is 0 Å². The molecule has 0 heterocycles. The zero-order valence-corrected chi connectivity index (χ0v) is 15.1. The Morgan fingerprint density at radius 3 is 1.31 bits per heavy atom. The number of hydrogen-bond donors (Lipinski definition) is 0. The van der Waals surface area contributed by atoms with Crippen molar-refractivity contribution in [1.29, 1.82) is 0 Å². The van der Waals surface area contributed by atoms with Gasteiger partial charge in [0.1, 0.15) is 0 Å². The molecule has 0 aromatic rings. The van der Waals surface area contributed by atoms with Crippen LogP contribution in [-0.2, 0) is 32.7 Å². The first kappa shape index (κ1) is 21.8. The van der Waals surface area contributed by atoms with Crippen molar-refractivity contribution < 1.29 is 32.7 Å². The van der Waals surface area contributed by atoms with Crippen molar-refractivity contribution >= 4 is 0 Å². The summed E-state index contributed by atoms with van der Waals surface area (Å²) in [5.74, 6) is 0. The first-order valence-electron chi connectivity index (χ1n) is 5.77. The van der Waals surface area contributed by atoms with E-state index in [1.54, 1.807) is 6.08 Å². The predicted octanol–water partition coefficient (Wildman–Crippen LogP) is 5.41. The standard InChI is InChI=1S/C8H16.C7H13.Y/c1-5-6-7-8(2,3)4;1-5-6-7(2,3)4;/h5-6H,7H2,1-4H3;1,5H,6H2,2-4H3;/q;-1;/b6-5-;;. The number of hydrogen-bond acceptors (Lipinski definition) is 0. The molecule has 0 aromatic carbocycles. The van der Waals surface area contributed by atoms with Gasteiger partial charge in [0.15, 0.2) is 0 Å². The topological polar surface area (TPSA) is 0 Å². The Hall–Kier alpha value is 0.584. The van der Waals surface area contributed by atoms with Crippen LogP contribution in [0, 0.1) is 17.4 Å². The molecule has 0 atom stereocenters. The van der Waals surface area contributed by atoms with E-state index < -0.39 is 0 Å². The molecular formula is C15H29Y-. The molecule has 0 rings (SSSR count). The van der Waals surface area contributed by atoms with Crippen molar-refractivity contribution in [2.45, 2.75) is 61.3 Å². The maximum atomic E-state index is 5.19. The molecule has 0 amide bonds. The van der Waals surface area contributed by atoms with Crippen molar-refractivity contribution in [3.63, 3.8) is 0 Å². The van der Waals surface area contributed by atoms with Gasteiger partial charge in [-0.05, 0) is 24.2 Å². The molecule has 0 bridgehead atoms. The van der Waals surface area contributed by atoms with Crippen molar-refractivity contribution in [1.82, 2.24) is 0 Å². The summed E-state index contributed by atoms with van der Waals surface area (Å²) in [4.78, 5) is 0. The molecule has 93 valence electrons. The Bertz CT molecular complexity index is 177. The molecule has 1 heteroatoms. The fourth-order valence-corrected chi connectivity index (χ4v) is 0.825. The molecule has 0 spiro atoms. The van der Waals surface area contributed by atoms with Crippen molar-refractivity contribution in [3.8, 4) is 0 Å². The van der Waals surface area contributed by atoms with E-state index in [2.05, 4.69) is 60.6 Å². The van der Waals surface area contributed by atoms with Crippen LogP contribution in [0.2, 0.25) is 0 Å². The van der Waals surface area contributed by atoms with Crippen molar-refractivity contribution in [3.05, 3.63) is 24.8 Å². The Morgan fingerprint density at radius 1 is 0.875 bits per heavy atom. The first-order chi connectivity index (χ1) is 6.62. The third-order valence-corrected chi connectivity index (χ3v) is 1.70. The minimum atomic E-state index is 0.